The van der Waals surface area contributed by atoms with Crippen LogP contribution in [0, 0.1) is 0 Å². The number of methoxy groups -OCH3 is 2. The van der Waals surface area contributed by atoms with Crippen LogP contribution >= 0.6 is 11.3 Å². The van der Waals surface area contributed by atoms with Gasteiger partial charge in [-0.1, -0.05) is 19.2 Å². The van der Waals surface area contributed by atoms with Crippen LogP contribution in [0.4, 0.5) is 5.13 Å². The molecule has 6 heteroatoms. The summed E-state index contributed by atoms with van der Waals surface area (Å²) in [6, 6.07) is 0.330. The standard InChI is InChI=1S/C19H27N3O2S/c1-9-16(15(6)24-8)17(10-13(4)23-7)21-14(5)18-11-25-19(22-18)20-12(2)3/h9-12H,1,6H2,2-5,7-8H3,(H,20,22)/b13-10+,17-16-,21-14?. The number of thiazole rings is 1. The van der Waals surface area contributed by atoms with E-state index in [2.05, 4.69) is 37.3 Å². The molecule has 0 bridgehead atoms. The molecule has 0 saturated heterocycles. The number of ether oxygens (including phenoxy) is 2. The first-order valence-electron chi connectivity index (χ1n) is 7.92. The lowest BCUT2D eigenvalue weighted by Gasteiger charge is -2.10. The van der Waals surface area contributed by atoms with Crippen LogP contribution in [0.5, 0.6) is 0 Å². The summed E-state index contributed by atoms with van der Waals surface area (Å²) in [5.41, 5.74) is 2.96. The van der Waals surface area contributed by atoms with Crippen LogP contribution in [0.25, 0.3) is 0 Å². The quantitative estimate of drug-likeness (QED) is 0.385. The number of aliphatic imine (C=N–C) groups is 1. The Balaban J connectivity index is 3.33. The highest BCUT2D eigenvalue weighted by Crippen LogP contribution is 2.22. The van der Waals surface area contributed by atoms with Crippen LogP contribution in [0.3, 0.4) is 0 Å². The number of allylic oxidation sites excluding steroid dienone is 3. The molecule has 5 nitrogen and oxygen atoms in total. The maximum absolute atomic E-state index is 5.25. The Morgan fingerprint density at radius 3 is 2.52 bits per heavy atom. The maximum Gasteiger partial charge on any atom is 0.183 e. The second kappa shape index (κ2) is 9.84. The molecule has 1 N–H and O–H groups in total. The van der Waals surface area contributed by atoms with Crippen molar-refractivity contribution in [2.45, 2.75) is 33.7 Å². The number of hydrogen-bond donors (Lipinski definition) is 1. The van der Waals surface area contributed by atoms with Gasteiger partial charge in [0.1, 0.15) is 5.76 Å². The smallest absolute Gasteiger partial charge is 0.183 e. The van der Waals surface area contributed by atoms with E-state index in [1.165, 1.54) is 0 Å². The van der Waals surface area contributed by atoms with Crippen molar-refractivity contribution >= 4 is 22.2 Å². The minimum atomic E-state index is 0.330. The highest BCUT2D eigenvalue weighted by molar-refractivity contribution is 7.13. The summed E-state index contributed by atoms with van der Waals surface area (Å²) in [6.45, 7) is 15.7. The highest BCUT2D eigenvalue weighted by atomic mass is 32.1. The predicted octanol–water partition coefficient (Wildman–Crippen LogP) is 4.92. The monoisotopic (exact) mass is 361 g/mol. The summed E-state index contributed by atoms with van der Waals surface area (Å²) in [6.07, 6.45) is 3.49. The third-order valence-electron chi connectivity index (χ3n) is 3.26. The molecule has 0 radical (unpaired) electrons. The maximum atomic E-state index is 5.25. The van der Waals surface area contributed by atoms with Gasteiger partial charge in [-0.3, -0.25) is 4.99 Å². The minimum absolute atomic E-state index is 0.330. The van der Waals surface area contributed by atoms with Crippen molar-refractivity contribution in [3.05, 3.63) is 59.2 Å². The molecule has 25 heavy (non-hydrogen) atoms. The average Bonchev–Trinajstić information content (AvgIpc) is 3.02. The van der Waals surface area contributed by atoms with E-state index in [1.54, 1.807) is 31.6 Å². The van der Waals surface area contributed by atoms with Crippen molar-refractivity contribution in [2.75, 3.05) is 19.5 Å². The van der Waals surface area contributed by atoms with Crippen LogP contribution < -0.4 is 5.32 Å². The zero-order valence-electron chi connectivity index (χ0n) is 15.8. The van der Waals surface area contributed by atoms with Crippen molar-refractivity contribution in [3.63, 3.8) is 0 Å². The van der Waals surface area contributed by atoms with E-state index in [4.69, 9.17) is 14.5 Å². The van der Waals surface area contributed by atoms with E-state index in [0.29, 0.717) is 23.1 Å². The Labute approximate surface area is 154 Å². The molecule has 0 atom stereocenters. The summed E-state index contributed by atoms with van der Waals surface area (Å²) in [5.74, 6) is 1.21. The van der Waals surface area contributed by atoms with Crippen LogP contribution in [-0.2, 0) is 9.47 Å². The third kappa shape index (κ3) is 6.23. The molecule has 0 spiro atoms. The molecule has 0 aliphatic heterocycles. The van der Waals surface area contributed by atoms with Gasteiger partial charge >= 0.3 is 0 Å². The van der Waals surface area contributed by atoms with Crippen molar-refractivity contribution in [2.24, 2.45) is 4.99 Å². The van der Waals surface area contributed by atoms with Crippen molar-refractivity contribution in [1.82, 2.24) is 4.98 Å². The predicted molar refractivity (Wildman–Crippen MR) is 107 cm³/mol. The molecule has 1 aromatic rings. The molecule has 0 aliphatic carbocycles. The van der Waals surface area contributed by atoms with E-state index in [9.17, 15) is 0 Å². The Bertz CT molecular complexity index is 712. The first-order valence-corrected chi connectivity index (χ1v) is 8.80. The number of nitrogens with one attached hydrogen (secondary N) is 1. The van der Waals surface area contributed by atoms with Gasteiger partial charge in [-0.15, -0.1) is 11.3 Å². The molecule has 0 unspecified atom stereocenters. The fourth-order valence-corrected chi connectivity index (χ4v) is 2.79. The molecule has 1 aromatic heterocycles. The van der Waals surface area contributed by atoms with Gasteiger partial charge in [-0.25, -0.2) is 4.98 Å². The average molecular weight is 362 g/mol. The SMILES string of the molecule is C=C/C(C(=C)OC)=C(\C=C(/C)OC)N=C(C)c1csc(NC(C)C)n1. The number of rotatable bonds is 9. The normalized spacial score (nSPS) is 13.4. The molecule has 0 saturated carbocycles. The zero-order chi connectivity index (χ0) is 19.0. The summed E-state index contributed by atoms with van der Waals surface area (Å²) in [7, 11) is 3.18. The van der Waals surface area contributed by atoms with Crippen LogP contribution in [0.2, 0.25) is 0 Å². The van der Waals surface area contributed by atoms with Gasteiger partial charge in [0, 0.05) is 23.1 Å². The first-order chi connectivity index (χ1) is 11.8. The largest absolute Gasteiger partial charge is 0.501 e. The Hall–Kier alpha value is -2.34. The molecular formula is C19H27N3O2S. The summed E-state index contributed by atoms with van der Waals surface area (Å²) < 4.78 is 10.5. The van der Waals surface area contributed by atoms with Crippen molar-refractivity contribution in [3.8, 4) is 0 Å². The zero-order valence-corrected chi connectivity index (χ0v) is 16.7. The molecule has 0 amide bonds. The molecule has 1 rings (SSSR count). The van der Waals surface area contributed by atoms with E-state index in [0.717, 1.165) is 22.3 Å². The first kappa shape index (κ1) is 20.7. The topological polar surface area (TPSA) is 55.7 Å². The van der Waals surface area contributed by atoms with Gasteiger partial charge in [0.2, 0.25) is 0 Å². The molecule has 0 fully saturated rings. The van der Waals surface area contributed by atoms with Crippen LogP contribution in [-0.4, -0.2) is 31.0 Å². The number of hydrogen-bond acceptors (Lipinski definition) is 6. The van der Waals surface area contributed by atoms with Crippen LogP contribution in [0.1, 0.15) is 33.4 Å². The lowest BCUT2D eigenvalue weighted by Crippen LogP contribution is -2.09. The highest BCUT2D eigenvalue weighted by Gasteiger charge is 2.10. The van der Waals surface area contributed by atoms with E-state index in [-0.39, 0.29) is 0 Å². The Morgan fingerprint density at radius 2 is 2.00 bits per heavy atom. The Morgan fingerprint density at radius 1 is 1.32 bits per heavy atom. The lowest BCUT2D eigenvalue weighted by molar-refractivity contribution is 0.293. The van der Waals surface area contributed by atoms with Gasteiger partial charge in [0.25, 0.3) is 0 Å². The second-order valence-corrected chi connectivity index (χ2v) is 6.48. The van der Waals surface area contributed by atoms with Crippen molar-refractivity contribution < 1.29 is 9.47 Å². The number of anilines is 1. The van der Waals surface area contributed by atoms with Gasteiger partial charge < -0.3 is 14.8 Å². The number of aromatic nitrogens is 1. The second-order valence-electron chi connectivity index (χ2n) is 5.62. The van der Waals surface area contributed by atoms with Gasteiger partial charge in [0.15, 0.2) is 5.13 Å². The summed E-state index contributed by atoms with van der Waals surface area (Å²) >= 11 is 1.56. The van der Waals surface area contributed by atoms with Crippen molar-refractivity contribution in [1.29, 1.82) is 0 Å². The molecule has 1 heterocycles. The van der Waals surface area contributed by atoms with Gasteiger partial charge in [0.05, 0.1) is 37.1 Å². The number of nitrogens with zero attached hydrogens (tertiary/aromatic N) is 2. The fourth-order valence-electron chi connectivity index (χ4n) is 1.88. The van der Waals surface area contributed by atoms with Gasteiger partial charge in [-0.2, -0.15) is 0 Å². The fraction of sp³-hybridized carbons (Fsp3) is 0.368. The van der Waals surface area contributed by atoms with E-state index >= 15 is 0 Å². The van der Waals surface area contributed by atoms with Gasteiger partial charge in [-0.05, 0) is 27.7 Å². The minimum Gasteiger partial charge on any atom is -0.501 e. The third-order valence-corrected chi connectivity index (χ3v) is 4.04. The van der Waals surface area contributed by atoms with E-state index < -0.39 is 0 Å². The summed E-state index contributed by atoms with van der Waals surface area (Å²) in [5, 5.41) is 6.15. The van der Waals surface area contributed by atoms with Crippen LogP contribution in [0.15, 0.2) is 58.5 Å². The lowest BCUT2D eigenvalue weighted by atomic mass is 10.1. The molecule has 0 aliphatic rings. The molecule has 0 aromatic carbocycles. The summed E-state index contributed by atoms with van der Waals surface area (Å²) in [4.78, 5) is 9.29. The molecular weight excluding hydrogens is 334 g/mol. The van der Waals surface area contributed by atoms with E-state index in [1.807, 2.05) is 25.3 Å². The Kier molecular flexibility index (Phi) is 8.15. The molecule has 136 valence electrons.